The first-order chi connectivity index (χ1) is 9.38. The standard InChI is InChI=1S/C14H11F3N2O/c1-7-2-3-8(4-10(7)15)19-14(20)9-5-11(16)12(17)6-13(9)18/h2-6H,18H2,1H3,(H,19,20). The predicted octanol–water partition coefficient (Wildman–Crippen LogP) is 3.25. The summed E-state index contributed by atoms with van der Waals surface area (Å²) in [4.78, 5) is 11.9. The maximum Gasteiger partial charge on any atom is 0.257 e. The number of hydrogen-bond acceptors (Lipinski definition) is 2. The third-order valence-electron chi connectivity index (χ3n) is 2.77. The van der Waals surface area contributed by atoms with Gasteiger partial charge in [-0.15, -0.1) is 0 Å². The van der Waals surface area contributed by atoms with Crippen molar-refractivity contribution in [2.24, 2.45) is 0 Å². The van der Waals surface area contributed by atoms with Gasteiger partial charge in [0, 0.05) is 17.4 Å². The van der Waals surface area contributed by atoms with Gasteiger partial charge in [-0.05, 0) is 30.7 Å². The smallest absolute Gasteiger partial charge is 0.257 e. The fourth-order valence-electron chi connectivity index (χ4n) is 1.63. The number of anilines is 2. The van der Waals surface area contributed by atoms with E-state index in [9.17, 15) is 18.0 Å². The molecule has 3 nitrogen and oxygen atoms in total. The first-order valence-electron chi connectivity index (χ1n) is 5.70. The van der Waals surface area contributed by atoms with E-state index in [1.54, 1.807) is 6.92 Å². The zero-order valence-corrected chi connectivity index (χ0v) is 10.5. The molecule has 3 N–H and O–H groups in total. The first-order valence-corrected chi connectivity index (χ1v) is 5.70. The van der Waals surface area contributed by atoms with Crippen molar-refractivity contribution < 1.29 is 18.0 Å². The van der Waals surface area contributed by atoms with Gasteiger partial charge in [-0.3, -0.25) is 4.79 Å². The molecule has 2 rings (SSSR count). The molecule has 0 aliphatic rings. The highest BCUT2D eigenvalue weighted by Gasteiger charge is 2.15. The van der Waals surface area contributed by atoms with Gasteiger partial charge in [0.25, 0.3) is 5.91 Å². The van der Waals surface area contributed by atoms with Crippen molar-refractivity contribution >= 4 is 17.3 Å². The van der Waals surface area contributed by atoms with Crippen LogP contribution in [0.2, 0.25) is 0 Å². The quantitative estimate of drug-likeness (QED) is 0.830. The van der Waals surface area contributed by atoms with E-state index in [0.29, 0.717) is 11.6 Å². The Hall–Kier alpha value is -2.50. The first kappa shape index (κ1) is 13.9. The summed E-state index contributed by atoms with van der Waals surface area (Å²) in [6, 6.07) is 5.53. The Bertz CT molecular complexity index is 686. The van der Waals surface area contributed by atoms with E-state index in [1.165, 1.54) is 12.1 Å². The molecule has 0 aromatic heterocycles. The van der Waals surface area contributed by atoms with Crippen LogP contribution in [0.15, 0.2) is 30.3 Å². The molecule has 1 amide bonds. The van der Waals surface area contributed by atoms with Crippen LogP contribution >= 0.6 is 0 Å². The van der Waals surface area contributed by atoms with E-state index in [0.717, 1.165) is 12.1 Å². The minimum absolute atomic E-state index is 0.197. The van der Waals surface area contributed by atoms with Crippen molar-refractivity contribution in [1.82, 2.24) is 0 Å². The molecule has 0 saturated heterocycles. The maximum atomic E-state index is 13.3. The molecule has 0 heterocycles. The third kappa shape index (κ3) is 2.74. The van der Waals surface area contributed by atoms with Gasteiger partial charge in [-0.25, -0.2) is 13.2 Å². The van der Waals surface area contributed by atoms with Gasteiger partial charge in [0.05, 0.1) is 5.56 Å². The number of hydrogen-bond donors (Lipinski definition) is 2. The lowest BCUT2D eigenvalue weighted by molar-refractivity contribution is 0.102. The number of halogens is 3. The van der Waals surface area contributed by atoms with E-state index in [1.807, 2.05) is 0 Å². The van der Waals surface area contributed by atoms with Crippen LogP contribution in [-0.4, -0.2) is 5.91 Å². The van der Waals surface area contributed by atoms with Crippen molar-refractivity contribution in [3.8, 4) is 0 Å². The van der Waals surface area contributed by atoms with Crippen LogP contribution in [0.3, 0.4) is 0 Å². The number of amides is 1. The second kappa shape index (κ2) is 5.24. The molecule has 0 saturated carbocycles. The average molecular weight is 280 g/mol. The molecule has 0 aliphatic carbocycles. The molecule has 0 radical (unpaired) electrons. The lowest BCUT2D eigenvalue weighted by Gasteiger charge is -2.09. The average Bonchev–Trinajstić information content (AvgIpc) is 2.38. The van der Waals surface area contributed by atoms with E-state index in [-0.39, 0.29) is 16.9 Å². The van der Waals surface area contributed by atoms with Crippen molar-refractivity contribution in [2.75, 3.05) is 11.1 Å². The number of nitrogens with one attached hydrogen (secondary N) is 1. The van der Waals surface area contributed by atoms with Crippen LogP contribution < -0.4 is 11.1 Å². The molecule has 20 heavy (non-hydrogen) atoms. The maximum absolute atomic E-state index is 13.3. The number of aryl methyl sites for hydroxylation is 1. The van der Waals surface area contributed by atoms with Crippen molar-refractivity contribution in [3.05, 3.63) is 58.9 Å². The highest BCUT2D eigenvalue weighted by molar-refractivity contribution is 6.07. The second-order valence-electron chi connectivity index (χ2n) is 4.27. The molecule has 0 aliphatic heterocycles. The number of rotatable bonds is 2. The van der Waals surface area contributed by atoms with Crippen LogP contribution in [-0.2, 0) is 0 Å². The van der Waals surface area contributed by atoms with Crippen LogP contribution in [0.25, 0.3) is 0 Å². The fraction of sp³-hybridized carbons (Fsp3) is 0.0714. The zero-order chi connectivity index (χ0) is 14.9. The van der Waals surface area contributed by atoms with Crippen LogP contribution in [0, 0.1) is 24.4 Å². The topological polar surface area (TPSA) is 55.1 Å². The molecular weight excluding hydrogens is 269 g/mol. The van der Waals surface area contributed by atoms with Gasteiger partial charge in [0.1, 0.15) is 5.82 Å². The van der Waals surface area contributed by atoms with Crippen molar-refractivity contribution in [1.29, 1.82) is 0 Å². The van der Waals surface area contributed by atoms with Crippen LogP contribution in [0.5, 0.6) is 0 Å². The Morgan fingerprint density at radius 2 is 1.70 bits per heavy atom. The van der Waals surface area contributed by atoms with Gasteiger partial charge in [-0.2, -0.15) is 0 Å². The molecule has 6 heteroatoms. The van der Waals surface area contributed by atoms with Crippen LogP contribution in [0.4, 0.5) is 24.5 Å². The number of benzene rings is 2. The van der Waals surface area contributed by atoms with Gasteiger partial charge in [0.15, 0.2) is 11.6 Å². The van der Waals surface area contributed by atoms with Crippen LogP contribution in [0.1, 0.15) is 15.9 Å². The van der Waals surface area contributed by atoms with E-state index in [4.69, 9.17) is 5.73 Å². The molecule has 0 atom stereocenters. The highest BCUT2D eigenvalue weighted by atomic mass is 19.2. The minimum atomic E-state index is -1.18. The van der Waals surface area contributed by atoms with E-state index in [2.05, 4.69) is 5.32 Å². The van der Waals surface area contributed by atoms with Gasteiger partial charge in [-0.1, -0.05) is 6.07 Å². The number of carbonyl (C=O) groups excluding carboxylic acids is 1. The Morgan fingerprint density at radius 3 is 2.35 bits per heavy atom. The summed E-state index contributed by atoms with van der Waals surface area (Å²) in [6.45, 7) is 1.58. The zero-order valence-electron chi connectivity index (χ0n) is 10.5. The molecule has 0 fully saturated rings. The summed E-state index contributed by atoms with van der Waals surface area (Å²) in [5.41, 5.74) is 5.66. The Labute approximate surface area is 113 Å². The number of nitrogens with two attached hydrogens (primary N) is 1. The lowest BCUT2D eigenvalue weighted by atomic mass is 10.1. The molecule has 2 aromatic rings. The molecular formula is C14H11F3N2O. The molecule has 0 unspecified atom stereocenters. The summed E-state index contributed by atoms with van der Waals surface area (Å²) in [5, 5.41) is 2.37. The summed E-state index contributed by atoms with van der Waals surface area (Å²) >= 11 is 0. The normalized spacial score (nSPS) is 10.4. The summed E-state index contributed by atoms with van der Waals surface area (Å²) < 4.78 is 39.4. The Balaban J connectivity index is 2.28. The fourth-order valence-corrected chi connectivity index (χ4v) is 1.63. The summed E-state index contributed by atoms with van der Waals surface area (Å²) in [5.74, 6) is -3.55. The van der Waals surface area contributed by atoms with Crippen molar-refractivity contribution in [2.45, 2.75) is 6.92 Å². The summed E-state index contributed by atoms with van der Waals surface area (Å²) in [7, 11) is 0. The molecule has 0 bridgehead atoms. The number of nitrogen functional groups attached to an aromatic ring is 1. The SMILES string of the molecule is Cc1ccc(NC(=O)c2cc(F)c(F)cc2N)cc1F. The highest BCUT2D eigenvalue weighted by Crippen LogP contribution is 2.20. The Kier molecular flexibility index (Phi) is 3.65. The monoisotopic (exact) mass is 280 g/mol. The lowest BCUT2D eigenvalue weighted by Crippen LogP contribution is -2.15. The molecule has 2 aromatic carbocycles. The van der Waals surface area contributed by atoms with Gasteiger partial charge in [0.2, 0.25) is 0 Å². The van der Waals surface area contributed by atoms with E-state index >= 15 is 0 Å². The van der Waals surface area contributed by atoms with Gasteiger partial charge >= 0.3 is 0 Å². The largest absolute Gasteiger partial charge is 0.398 e. The Morgan fingerprint density at radius 1 is 1.05 bits per heavy atom. The van der Waals surface area contributed by atoms with Gasteiger partial charge < -0.3 is 11.1 Å². The number of carbonyl (C=O) groups is 1. The second-order valence-corrected chi connectivity index (χ2v) is 4.27. The van der Waals surface area contributed by atoms with E-state index < -0.39 is 23.4 Å². The summed E-state index contributed by atoms with van der Waals surface area (Å²) in [6.07, 6.45) is 0. The predicted molar refractivity (Wildman–Crippen MR) is 69.9 cm³/mol. The minimum Gasteiger partial charge on any atom is -0.398 e. The third-order valence-corrected chi connectivity index (χ3v) is 2.77. The molecule has 0 spiro atoms. The molecule has 104 valence electrons. The van der Waals surface area contributed by atoms with Crippen molar-refractivity contribution in [3.63, 3.8) is 0 Å².